The highest BCUT2D eigenvalue weighted by atomic mass is 19.4. The van der Waals surface area contributed by atoms with Crippen LogP contribution in [0.1, 0.15) is 156 Å². The van der Waals surface area contributed by atoms with Gasteiger partial charge in [0, 0.05) is 78.0 Å². The summed E-state index contributed by atoms with van der Waals surface area (Å²) in [5, 5.41) is 15.4. The molecule has 12 rings (SSSR count). The van der Waals surface area contributed by atoms with Crippen molar-refractivity contribution in [2.24, 2.45) is 11.5 Å². The molecule has 0 unspecified atom stereocenters. The van der Waals surface area contributed by atoms with Crippen LogP contribution in [0.5, 0.6) is 0 Å². The molecule has 1 amide bonds. The second kappa shape index (κ2) is 39.1. The molecule has 1 fully saturated rings. The molecule has 0 bridgehead atoms. The minimum atomic E-state index is -4.51. The summed E-state index contributed by atoms with van der Waals surface area (Å²) >= 11 is 0. The normalized spacial score (nSPS) is 14.0. The molecule has 5 aliphatic rings. The highest BCUT2D eigenvalue weighted by Crippen LogP contribution is 2.40. The van der Waals surface area contributed by atoms with Gasteiger partial charge in [-0.1, -0.05) is 12.1 Å². The second-order valence-electron chi connectivity index (χ2n) is 24.1. The Morgan fingerprint density at radius 2 is 1.10 bits per heavy atom. The van der Waals surface area contributed by atoms with Gasteiger partial charge in [0.2, 0.25) is 0 Å². The van der Waals surface area contributed by atoms with Crippen LogP contribution in [0.15, 0.2) is 54.7 Å². The number of rotatable bonds is 19. The van der Waals surface area contributed by atoms with E-state index in [1.54, 1.807) is 36.9 Å². The highest BCUT2D eigenvalue weighted by molar-refractivity contribution is 5.94. The first-order valence-electron chi connectivity index (χ1n) is 32.8. The first-order valence-corrected chi connectivity index (χ1v) is 32.8. The quantitative estimate of drug-likeness (QED) is 0.0561. The van der Waals surface area contributed by atoms with Crippen molar-refractivity contribution >= 4 is 46.8 Å². The van der Waals surface area contributed by atoms with E-state index in [2.05, 4.69) is 34.9 Å². The summed E-state index contributed by atoms with van der Waals surface area (Å²) in [7, 11) is 0. The molecule has 5 aliphatic heterocycles. The summed E-state index contributed by atoms with van der Waals surface area (Å²) in [6.07, 6.45) is -10.9. The molecule has 1 saturated heterocycles. The number of Topliss-reactive ketones (excluding diaryl/α,β-unsaturated/α-hetero) is 5. The van der Waals surface area contributed by atoms with E-state index in [1.807, 2.05) is 6.92 Å². The summed E-state index contributed by atoms with van der Waals surface area (Å²) in [5.74, 6) is -5.07. The van der Waals surface area contributed by atoms with Gasteiger partial charge in [0.05, 0.1) is 139 Å². The van der Waals surface area contributed by atoms with Crippen molar-refractivity contribution in [1.29, 1.82) is 0 Å². The van der Waals surface area contributed by atoms with Gasteiger partial charge in [-0.05, 0) is 89.4 Å². The zero-order valence-electron chi connectivity index (χ0n) is 59.0. The highest BCUT2D eigenvalue weighted by Gasteiger charge is 2.44. The molecule has 0 aliphatic carbocycles. The third-order valence-corrected chi connectivity index (χ3v) is 15.5. The number of amides is 1. The predicted molar refractivity (Wildman–Crippen MR) is 348 cm³/mol. The fourth-order valence-electron chi connectivity index (χ4n) is 11.1. The second-order valence-corrected chi connectivity index (χ2v) is 24.1. The Morgan fingerprint density at radius 1 is 0.589 bits per heavy atom. The lowest BCUT2D eigenvalue weighted by Gasteiger charge is -2.20. The maximum absolute atomic E-state index is 14.2. The third-order valence-electron chi connectivity index (χ3n) is 15.5. The fraction of sp³-hybridized carbons (Fsp3) is 0.464. The van der Waals surface area contributed by atoms with Gasteiger partial charge < -0.3 is 44.6 Å². The smallest absolute Gasteiger partial charge is 0.435 e. The minimum Gasteiger partial charge on any atom is -0.466 e. The summed E-state index contributed by atoms with van der Waals surface area (Å²) in [4.78, 5) is 92.5. The summed E-state index contributed by atoms with van der Waals surface area (Å²) < 4.78 is 194. The zero-order valence-corrected chi connectivity index (χ0v) is 59.0. The Hall–Kier alpha value is -9.89. The first-order chi connectivity index (χ1) is 50.3. The number of nitrogens with two attached hydrogens (primary N) is 2. The number of ether oxygens (including phenoxy) is 7. The Balaban J connectivity index is 0.000000220. The van der Waals surface area contributed by atoms with Gasteiger partial charge in [-0.2, -0.15) is 59.9 Å². The van der Waals surface area contributed by atoms with E-state index in [0.29, 0.717) is 87.1 Å². The van der Waals surface area contributed by atoms with Crippen LogP contribution in [0.4, 0.5) is 52.7 Å². The first kappa shape index (κ1) is 86.0. The van der Waals surface area contributed by atoms with Crippen LogP contribution < -0.4 is 11.5 Å². The van der Waals surface area contributed by atoms with Crippen LogP contribution in [-0.4, -0.2) is 124 Å². The number of carbonyl (C=O) groups excluding carboxylic acids is 8. The molecule has 582 valence electrons. The van der Waals surface area contributed by atoms with E-state index >= 15 is 0 Å². The summed E-state index contributed by atoms with van der Waals surface area (Å²) in [6, 6.07) is 10.6. The van der Waals surface area contributed by atoms with Crippen molar-refractivity contribution in [1.82, 2.24) is 44.1 Å². The number of primary amides is 1. The monoisotopic (exact) mass is 1530 g/mol. The van der Waals surface area contributed by atoms with Crippen molar-refractivity contribution in [3.8, 4) is 11.1 Å². The number of carbonyl (C=O) groups is 8. The lowest BCUT2D eigenvalue weighted by molar-refractivity contribution is -0.146. The molecule has 1 atom stereocenters. The number of alkyl halides is 9. The van der Waals surface area contributed by atoms with Crippen LogP contribution in [0.3, 0.4) is 0 Å². The topological polar surface area (TPSA) is 337 Å². The Bertz CT molecular complexity index is 4200. The Kier molecular flexibility index (Phi) is 31.4. The SMILES string of the molecule is CC(=O)Cn1nc(C(F)(F)F)c2c1COC2.CC(=O)Cn1nc2c(c1C(F)(F)F)COC2.CC(=O)Cn1nc2c(c1C(F)(F)F)COC2.CCOC(=O)CCN.CCOC(C)=O.Cc1c2c(nn1CC(=O)C[C@@H](Cc1cc(F)cc(F)c1)c1ncccc1-c1ccc(F)c(C(N)=O)c1)COC2.O=C1CCOC1. The summed E-state index contributed by atoms with van der Waals surface area (Å²) in [5.41, 5.74) is 12.9. The number of nitrogens with zero attached hydrogens (tertiary/aromatic N) is 9. The molecule has 0 saturated carbocycles. The lowest BCUT2D eigenvalue weighted by Crippen LogP contribution is -2.19. The number of aromatic nitrogens is 9. The Labute approximate surface area is 603 Å². The van der Waals surface area contributed by atoms with E-state index in [4.69, 9.17) is 35.2 Å². The molecule has 107 heavy (non-hydrogen) atoms. The standard InChI is InChI=1S/C29H25F3N4O3.3C9H9F3N2O2.C5H11NO2.C4H6O2.C4H8O2/c1-16-25-14-39-15-27(25)35-36(16)13-22(37)10-19(7-17-8-20(30)12-21(31)9-17)28-23(3-2-6-34-28)18-4-5-26(32)24(11-18)29(33)38;1-5(15)2-14-7-4-16-3-6(7)8(13-14)9(10,11)12;2*1-5(15)2-14-8(9(10,11)12)6-3-16-4-7(6)13-14;1-2-8-5(7)3-4-6;5-4-1-2-6-3-4;1-3-6-4(2)5/h2-6,8-9,11-12,19H,7,10,13-15H2,1H3,(H2,33,38);3*2-4H2,1H3;2-4,6H2,1H3;1-3H2;3H2,1-2H3/t19-;;;;;;/m1....../s1. The van der Waals surface area contributed by atoms with Crippen molar-refractivity contribution in [2.75, 3.05) is 33.0 Å². The molecule has 7 aromatic rings. The average Bonchev–Trinajstić information content (AvgIpc) is 1.72. The van der Waals surface area contributed by atoms with E-state index < -0.39 is 64.9 Å². The van der Waals surface area contributed by atoms with Crippen LogP contribution >= 0.6 is 0 Å². The zero-order chi connectivity index (χ0) is 79.3. The van der Waals surface area contributed by atoms with Gasteiger partial charge in [-0.15, -0.1) is 0 Å². The number of fused-ring (bicyclic) bond motifs is 4. The molecule has 5 aromatic heterocycles. The largest absolute Gasteiger partial charge is 0.466 e. The number of halogens is 12. The van der Waals surface area contributed by atoms with Crippen LogP contribution in [0.2, 0.25) is 0 Å². The third kappa shape index (κ3) is 25.1. The van der Waals surface area contributed by atoms with Gasteiger partial charge >= 0.3 is 30.5 Å². The molecule has 38 heteroatoms. The van der Waals surface area contributed by atoms with Crippen molar-refractivity contribution < 1.29 is 124 Å². The molecule has 0 spiro atoms. The maximum atomic E-state index is 14.2. The number of pyridine rings is 1. The molecular weight excluding hydrogens is 1450 g/mol. The van der Waals surface area contributed by atoms with Gasteiger partial charge in [-0.25, -0.2) is 13.2 Å². The molecule has 2 aromatic carbocycles. The molecular formula is C69H77F12N11O15. The van der Waals surface area contributed by atoms with Crippen molar-refractivity contribution in [3.63, 3.8) is 0 Å². The van der Waals surface area contributed by atoms with Crippen LogP contribution in [0.25, 0.3) is 11.1 Å². The molecule has 0 radical (unpaired) electrons. The van der Waals surface area contributed by atoms with Crippen LogP contribution in [0, 0.1) is 24.4 Å². The molecule has 10 heterocycles. The lowest BCUT2D eigenvalue weighted by atomic mass is 9.86. The van der Waals surface area contributed by atoms with E-state index in [1.165, 1.54) is 52.0 Å². The van der Waals surface area contributed by atoms with E-state index in [-0.39, 0.29) is 153 Å². The molecule has 26 nitrogen and oxygen atoms in total. The average molecular weight is 1530 g/mol. The predicted octanol–water partition coefficient (Wildman–Crippen LogP) is 9.79. The van der Waals surface area contributed by atoms with Gasteiger partial charge in [0.1, 0.15) is 35.4 Å². The number of ketones is 5. The number of benzene rings is 2. The van der Waals surface area contributed by atoms with E-state index in [9.17, 15) is 91.0 Å². The van der Waals surface area contributed by atoms with Gasteiger partial charge in [0.25, 0.3) is 5.91 Å². The van der Waals surface area contributed by atoms with Gasteiger partial charge in [0.15, 0.2) is 34.6 Å². The fourth-order valence-corrected chi connectivity index (χ4v) is 11.1. The van der Waals surface area contributed by atoms with Gasteiger partial charge in [-0.3, -0.25) is 62.1 Å². The van der Waals surface area contributed by atoms with Crippen molar-refractivity contribution in [2.45, 2.75) is 178 Å². The Morgan fingerprint density at radius 3 is 1.55 bits per heavy atom. The maximum Gasteiger partial charge on any atom is 0.435 e. The van der Waals surface area contributed by atoms with Crippen LogP contribution in [-0.2, 0) is 171 Å². The van der Waals surface area contributed by atoms with E-state index in [0.717, 1.165) is 43.1 Å². The number of esters is 2. The number of hydrogen-bond acceptors (Lipinski definition) is 21. The van der Waals surface area contributed by atoms with Crippen molar-refractivity contribution in [3.05, 3.63) is 157 Å². The molecule has 4 N–H and O–H groups in total. The number of hydrogen-bond donors (Lipinski definition) is 2. The summed E-state index contributed by atoms with van der Waals surface area (Å²) in [6.45, 7) is 12.8. The minimum absolute atomic E-state index is 0.00746.